The van der Waals surface area contributed by atoms with E-state index >= 15 is 0 Å². The van der Waals surface area contributed by atoms with Gasteiger partial charge in [-0.25, -0.2) is 17.6 Å². The summed E-state index contributed by atoms with van der Waals surface area (Å²) in [6.45, 7) is 11.5. The first-order valence-corrected chi connectivity index (χ1v) is 14.5. The van der Waals surface area contributed by atoms with Crippen LogP contribution in [0.3, 0.4) is 0 Å². The van der Waals surface area contributed by atoms with E-state index in [0.717, 1.165) is 31.1 Å². The van der Waals surface area contributed by atoms with Gasteiger partial charge in [0.05, 0.1) is 6.61 Å². The Balaban J connectivity index is 0.000000437. The standard InChI is InChI=1S/C18H26F4O2.C15H25NO2/c1-15(2,3)17(19,20)11-23-13-8-7-9-14(10-13)24-12-18(21,22)16(4,5)6;1-4-5-6-11-17-14-8-7-9-15(13-14)18-12-10-16(2)3/h7-10H,11-12H2,1-6H3;7-9,13H,4-6,10-12H2,1-3H3. The highest BCUT2D eigenvalue weighted by Gasteiger charge is 2.44. The number of alkyl halides is 4. The van der Waals surface area contributed by atoms with Crippen molar-refractivity contribution in [2.24, 2.45) is 10.8 Å². The molecule has 0 heterocycles. The van der Waals surface area contributed by atoms with Gasteiger partial charge in [0.25, 0.3) is 11.8 Å². The van der Waals surface area contributed by atoms with E-state index in [0.29, 0.717) is 6.61 Å². The number of halogens is 4. The van der Waals surface area contributed by atoms with E-state index in [2.05, 4.69) is 11.8 Å². The fourth-order valence-electron chi connectivity index (χ4n) is 2.98. The number of likely N-dealkylation sites (N-methyl/N-ethyl adjacent to an activating group) is 1. The van der Waals surface area contributed by atoms with Gasteiger partial charge in [0.2, 0.25) is 0 Å². The van der Waals surface area contributed by atoms with Crippen LogP contribution < -0.4 is 18.9 Å². The van der Waals surface area contributed by atoms with E-state index in [1.807, 2.05) is 38.4 Å². The van der Waals surface area contributed by atoms with Crippen LogP contribution in [0, 0.1) is 10.8 Å². The summed E-state index contributed by atoms with van der Waals surface area (Å²) >= 11 is 0. The maximum Gasteiger partial charge on any atom is 0.286 e. The fraction of sp³-hybridized carbons (Fsp3) is 0.636. The van der Waals surface area contributed by atoms with Gasteiger partial charge in [-0.15, -0.1) is 0 Å². The summed E-state index contributed by atoms with van der Waals surface area (Å²) in [4.78, 5) is 2.10. The second-order valence-electron chi connectivity index (χ2n) is 12.6. The highest BCUT2D eigenvalue weighted by atomic mass is 19.3. The minimum atomic E-state index is -3.02. The van der Waals surface area contributed by atoms with Crippen molar-refractivity contribution >= 4 is 0 Å². The van der Waals surface area contributed by atoms with Gasteiger partial charge in [-0.2, -0.15) is 0 Å². The third-order valence-corrected chi connectivity index (χ3v) is 6.47. The largest absolute Gasteiger partial charge is 0.493 e. The van der Waals surface area contributed by atoms with Crippen LogP contribution in [0.25, 0.3) is 0 Å². The van der Waals surface area contributed by atoms with E-state index in [1.54, 1.807) is 0 Å². The van der Waals surface area contributed by atoms with Crippen molar-refractivity contribution in [1.29, 1.82) is 0 Å². The highest BCUT2D eigenvalue weighted by Crippen LogP contribution is 2.37. The zero-order valence-corrected chi connectivity index (χ0v) is 26.9. The van der Waals surface area contributed by atoms with E-state index in [-0.39, 0.29) is 11.5 Å². The lowest BCUT2D eigenvalue weighted by Crippen LogP contribution is -2.39. The Morgan fingerprint density at radius 1 is 0.595 bits per heavy atom. The number of rotatable bonds is 15. The van der Waals surface area contributed by atoms with Gasteiger partial charge < -0.3 is 23.8 Å². The summed E-state index contributed by atoms with van der Waals surface area (Å²) < 4.78 is 77.2. The summed E-state index contributed by atoms with van der Waals surface area (Å²) in [5, 5.41) is 0. The SMILES string of the molecule is CC(C)(C)C(F)(F)COc1cccc(OCC(F)(F)C(C)(C)C)c1.CCCCCOc1cccc(OCCN(C)C)c1. The summed E-state index contributed by atoms with van der Waals surface area (Å²) in [6.07, 6.45) is 3.55. The second-order valence-corrected chi connectivity index (χ2v) is 12.6. The lowest BCUT2D eigenvalue weighted by atomic mass is 9.88. The van der Waals surface area contributed by atoms with Gasteiger partial charge in [-0.05, 0) is 44.8 Å². The Morgan fingerprint density at radius 2 is 0.976 bits per heavy atom. The molecular weight excluding hydrogens is 550 g/mol. The lowest BCUT2D eigenvalue weighted by Gasteiger charge is -2.30. The topological polar surface area (TPSA) is 40.2 Å². The minimum Gasteiger partial charge on any atom is -0.493 e. The first-order valence-electron chi connectivity index (χ1n) is 14.5. The van der Waals surface area contributed by atoms with Gasteiger partial charge in [0, 0.05) is 29.5 Å². The molecule has 0 saturated heterocycles. The number of hydrogen-bond donors (Lipinski definition) is 0. The van der Waals surface area contributed by atoms with Gasteiger partial charge in [0.1, 0.15) is 29.6 Å². The number of ether oxygens (including phenoxy) is 4. The molecule has 0 amide bonds. The van der Waals surface area contributed by atoms with Crippen molar-refractivity contribution in [2.75, 3.05) is 47.1 Å². The first kappa shape index (κ1) is 37.3. The molecule has 0 radical (unpaired) electrons. The molecule has 0 bridgehead atoms. The van der Waals surface area contributed by atoms with E-state index < -0.39 is 35.9 Å². The van der Waals surface area contributed by atoms with Crippen molar-refractivity contribution in [3.8, 4) is 23.0 Å². The van der Waals surface area contributed by atoms with Crippen molar-refractivity contribution in [3.05, 3.63) is 48.5 Å². The van der Waals surface area contributed by atoms with Gasteiger partial charge in [0.15, 0.2) is 13.2 Å². The van der Waals surface area contributed by atoms with Crippen LogP contribution in [0.15, 0.2) is 48.5 Å². The molecule has 2 aromatic rings. The molecule has 240 valence electrons. The molecule has 0 saturated carbocycles. The molecule has 5 nitrogen and oxygen atoms in total. The molecular formula is C33H51F4NO4. The second kappa shape index (κ2) is 16.8. The van der Waals surface area contributed by atoms with Crippen molar-refractivity contribution in [2.45, 2.75) is 79.6 Å². The average Bonchev–Trinajstić information content (AvgIpc) is 2.88. The van der Waals surface area contributed by atoms with Crippen LogP contribution in [0.1, 0.15) is 67.7 Å². The monoisotopic (exact) mass is 601 g/mol. The molecule has 9 heteroatoms. The van der Waals surface area contributed by atoms with Crippen LogP contribution in [-0.4, -0.2) is 63.8 Å². The molecule has 0 aliphatic carbocycles. The van der Waals surface area contributed by atoms with Gasteiger partial charge >= 0.3 is 0 Å². The van der Waals surface area contributed by atoms with Crippen LogP contribution in [0.4, 0.5) is 17.6 Å². The van der Waals surface area contributed by atoms with Crippen molar-refractivity contribution < 1.29 is 36.5 Å². The Labute approximate surface area is 250 Å². The smallest absolute Gasteiger partial charge is 0.286 e. The van der Waals surface area contributed by atoms with Crippen LogP contribution in [0.2, 0.25) is 0 Å². The maximum atomic E-state index is 13.9. The normalized spacial score (nSPS) is 12.4. The molecule has 0 aliphatic rings. The fourth-order valence-corrected chi connectivity index (χ4v) is 2.98. The van der Waals surface area contributed by atoms with E-state index in [4.69, 9.17) is 18.9 Å². The summed E-state index contributed by atoms with van der Waals surface area (Å²) in [6, 6.07) is 13.7. The molecule has 0 aromatic heterocycles. The molecule has 0 fully saturated rings. The lowest BCUT2D eigenvalue weighted by molar-refractivity contribution is -0.124. The summed E-state index contributed by atoms with van der Waals surface area (Å²) in [5.41, 5.74) is -2.48. The van der Waals surface area contributed by atoms with Crippen LogP contribution in [-0.2, 0) is 0 Å². The molecule has 0 aliphatic heterocycles. The number of nitrogens with zero attached hydrogens (tertiary/aromatic N) is 1. The van der Waals surface area contributed by atoms with Gasteiger partial charge in [-0.3, -0.25) is 0 Å². The first-order chi connectivity index (χ1) is 19.4. The van der Waals surface area contributed by atoms with Crippen LogP contribution in [0.5, 0.6) is 23.0 Å². The Kier molecular flexibility index (Phi) is 15.0. The molecule has 2 rings (SSSR count). The van der Waals surface area contributed by atoms with Crippen LogP contribution >= 0.6 is 0 Å². The average molecular weight is 602 g/mol. The predicted molar refractivity (Wildman–Crippen MR) is 162 cm³/mol. The minimum absolute atomic E-state index is 0.149. The predicted octanol–water partition coefficient (Wildman–Crippen LogP) is 9.00. The molecule has 0 unspecified atom stereocenters. The van der Waals surface area contributed by atoms with Crippen molar-refractivity contribution in [1.82, 2.24) is 4.90 Å². The zero-order chi connectivity index (χ0) is 32.0. The Hall–Kier alpha value is -2.68. The highest BCUT2D eigenvalue weighted by molar-refractivity contribution is 5.33. The summed E-state index contributed by atoms with van der Waals surface area (Å²) in [7, 11) is 4.08. The molecule has 0 atom stereocenters. The summed E-state index contributed by atoms with van der Waals surface area (Å²) in [5.74, 6) is -3.98. The van der Waals surface area contributed by atoms with E-state index in [1.165, 1.54) is 78.6 Å². The Bertz CT molecular complexity index is 988. The number of unbranched alkanes of at least 4 members (excludes halogenated alkanes) is 2. The zero-order valence-electron chi connectivity index (χ0n) is 26.9. The molecule has 0 spiro atoms. The Morgan fingerprint density at radius 3 is 1.33 bits per heavy atom. The third kappa shape index (κ3) is 14.0. The molecule has 2 aromatic carbocycles. The quantitative estimate of drug-likeness (QED) is 0.151. The van der Waals surface area contributed by atoms with Gasteiger partial charge in [-0.1, -0.05) is 73.4 Å². The van der Waals surface area contributed by atoms with E-state index in [9.17, 15) is 17.6 Å². The molecule has 0 N–H and O–H groups in total. The number of hydrogen-bond acceptors (Lipinski definition) is 5. The van der Waals surface area contributed by atoms with Crippen molar-refractivity contribution in [3.63, 3.8) is 0 Å². The molecule has 42 heavy (non-hydrogen) atoms. The maximum absolute atomic E-state index is 13.9. The number of benzene rings is 2. The third-order valence-electron chi connectivity index (χ3n) is 6.47.